The first-order valence-corrected chi connectivity index (χ1v) is 10.4. The van der Waals surface area contributed by atoms with E-state index in [4.69, 9.17) is 11.6 Å². The molecule has 2 amide bonds. The minimum Gasteiger partial charge on any atom is -0.353 e. The lowest BCUT2D eigenvalue weighted by molar-refractivity contribution is -0.137. The van der Waals surface area contributed by atoms with Crippen LogP contribution in [-0.4, -0.2) is 40.9 Å². The number of aromatic nitrogens is 2. The Bertz CT molecular complexity index is 1090. The fraction of sp³-hybridized carbons (Fsp3) is 0.429. The molecule has 170 valence electrons. The van der Waals surface area contributed by atoms with Gasteiger partial charge in [-0.2, -0.15) is 13.2 Å². The molecule has 1 aliphatic heterocycles. The molecule has 1 atom stereocenters. The molecule has 0 bridgehead atoms. The topological polar surface area (TPSA) is 87.2 Å². The van der Waals surface area contributed by atoms with Gasteiger partial charge in [0, 0.05) is 42.9 Å². The molecule has 4 rings (SSSR count). The van der Waals surface area contributed by atoms with E-state index in [0.29, 0.717) is 24.3 Å². The number of hydrogen-bond donors (Lipinski definition) is 2. The summed E-state index contributed by atoms with van der Waals surface area (Å²) in [5.41, 5.74) is -0.122. The summed E-state index contributed by atoms with van der Waals surface area (Å²) in [6.07, 6.45) is -1.97. The highest BCUT2D eigenvalue weighted by Crippen LogP contribution is 2.54. The zero-order valence-electron chi connectivity index (χ0n) is 17.4. The number of nitrogens with zero attached hydrogens (tertiary/aromatic N) is 3. The maximum absolute atomic E-state index is 12.9. The fourth-order valence-corrected chi connectivity index (χ4v) is 4.39. The number of carbonyl (C=O) groups excluding carboxylic acids is 2. The third kappa shape index (κ3) is 4.50. The van der Waals surface area contributed by atoms with Crippen LogP contribution in [0.3, 0.4) is 0 Å². The van der Waals surface area contributed by atoms with Gasteiger partial charge in [0.25, 0.3) is 5.91 Å². The molecule has 0 unspecified atom stereocenters. The normalized spacial score (nSPS) is 19.2. The van der Waals surface area contributed by atoms with Crippen LogP contribution in [0.25, 0.3) is 0 Å². The van der Waals surface area contributed by atoms with Gasteiger partial charge in [-0.15, -0.1) is 0 Å². The average Bonchev–Trinajstić information content (AvgIpc) is 3.36. The highest BCUT2D eigenvalue weighted by atomic mass is 35.5. The monoisotopic (exact) mass is 467 g/mol. The largest absolute Gasteiger partial charge is 0.417 e. The van der Waals surface area contributed by atoms with E-state index < -0.39 is 11.7 Å². The van der Waals surface area contributed by atoms with Gasteiger partial charge in [0.05, 0.1) is 16.6 Å². The number of anilines is 2. The van der Waals surface area contributed by atoms with Gasteiger partial charge in [0.2, 0.25) is 5.91 Å². The Balaban J connectivity index is 1.51. The quantitative estimate of drug-likeness (QED) is 0.714. The van der Waals surface area contributed by atoms with Crippen molar-refractivity contribution in [2.45, 2.75) is 38.9 Å². The smallest absolute Gasteiger partial charge is 0.353 e. The van der Waals surface area contributed by atoms with Crippen molar-refractivity contribution < 1.29 is 22.8 Å². The van der Waals surface area contributed by atoms with Gasteiger partial charge in [-0.3, -0.25) is 9.59 Å². The SMILES string of the molecule is CC(=O)Nc1cc(C(=O)N[C@H]2CN(c3ncc(C(F)(F)F)cc3Cl)CC23CC3)cc(C)n1. The lowest BCUT2D eigenvalue weighted by atomic mass is 10.0. The van der Waals surface area contributed by atoms with E-state index >= 15 is 0 Å². The number of hydrogen-bond acceptors (Lipinski definition) is 5. The lowest BCUT2D eigenvalue weighted by Crippen LogP contribution is -2.41. The zero-order valence-corrected chi connectivity index (χ0v) is 18.1. The highest BCUT2D eigenvalue weighted by molar-refractivity contribution is 6.33. The molecule has 2 aromatic rings. The third-order valence-corrected chi connectivity index (χ3v) is 6.09. The van der Waals surface area contributed by atoms with Crippen molar-refractivity contribution in [1.82, 2.24) is 15.3 Å². The second-order valence-corrected chi connectivity index (χ2v) is 8.77. The molecule has 3 heterocycles. The van der Waals surface area contributed by atoms with Gasteiger partial charge in [-0.1, -0.05) is 11.6 Å². The minimum atomic E-state index is -4.52. The van der Waals surface area contributed by atoms with Gasteiger partial charge in [0.15, 0.2) is 0 Å². The third-order valence-electron chi connectivity index (χ3n) is 5.81. The Labute approximate surface area is 187 Å². The number of amides is 2. The summed E-state index contributed by atoms with van der Waals surface area (Å²) in [6, 6.07) is 3.79. The Morgan fingerprint density at radius 3 is 2.56 bits per heavy atom. The molecule has 32 heavy (non-hydrogen) atoms. The van der Waals surface area contributed by atoms with Crippen molar-refractivity contribution in [2.75, 3.05) is 23.3 Å². The van der Waals surface area contributed by atoms with Crippen LogP contribution in [0.5, 0.6) is 0 Å². The Morgan fingerprint density at radius 1 is 1.25 bits per heavy atom. The van der Waals surface area contributed by atoms with Crippen LogP contribution in [-0.2, 0) is 11.0 Å². The first-order chi connectivity index (χ1) is 15.0. The molecule has 11 heteroatoms. The van der Waals surface area contributed by atoms with Crippen molar-refractivity contribution in [3.05, 3.63) is 46.2 Å². The average molecular weight is 468 g/mol. The number of aryl methyl sites for hydroxylation is 1. The molecule has 2 aliphatic rings. The zero-order chi connectivity index (χ0) is 23.3. The molecule has 1 saturated heterocycles. The predicted molar refractivity (Wildman–Crippen MR) is 113 cm³/mol. The van der Waals surface area contributed by atoms with E-state index in [1.165, 1.54) is 13.0 Å². The van der Waals surface area contributed by atoms with Crippen LogP contribution < -0.4 is 15.5 Å². The number of halogens is 4. The summed E-state index contributed by atoms with van der Waals surface area (Å²) >= 11 is 6.12. The molecule has 1 spiro atoms. The van der Waals surface area contributed by atoms with Gasteiger partial charge in [-0.25, -0.2) is 9.97 Å². The minimum absolute atomic E-state index is 0.0766. The van der Waals surface area contributed by atoms with Crippen molar-refractivity contribution in [3.63, 3.8) is 0 Å². The summed E-state index contributed by atoms with van der Waals surface area (Å²) in [5, 5.41) is 5.53. The molecule has 0 radical (unpaired) electrons. The lowest BCUT2D eigenvalue weighted by Gasteiger charge is -2.20. The molecule has 2 N–H and O–H groups in total. The Kier molecular flexibility index (Phi) is 5.52. The molecule has 1 aliphatic carbocycles. The van der Waals surface area contributed by atoms with Crippen molar-refractivity contribution in [3.8, 4) is 0 Å². The molecule has 1 saturated carbocycles. The second-order valence-electron chi connectivity index (χ2n) is 8.36. The van der Waals surface area contributed by atoms with Crippen LogP contribution in [0.15, 0.2) is 24.4 Å². The van der Waals surface area contributed by atoms with Crippen LogP contribution in [0.2, 0.25) is 5.02 Å². The number of alkyl halides is 3. The molecular weight excluding hydrogens is 447 g/mol. The van der Waals surface area contributed by atoms with Gasteiger partial charge in [-0.05, 0) is 38.0 Å². The first-order valence-electron chi connectivity index (χ1n) is 10.0. The van der Waals surface area contributed by atoms with Crippen LogP contribution in [0.1, 0.15) is 41.4 Å². The Hall–Kier alpha value is -2.88. The fourth-order valence-electron chi connectivity index (χ4n) is 4.10. The van der Waals surface area contributed by atoms with Gasteiger partial charge in [0.1, 0.15) is 11.6 Å². The van der Waals surface area contributed by atoms with E-state index in [-0.39, 0.29) is 39.9 Å². The van der Waals surface area contributed by atoms with Gasteiger partial charge < -0.3 is 15.5 Å². The molecule has 0 aromatic carbocycles. The van der Waals surface area contributed by atoms with E-state index in [0.717, 1.165) is 25.1 Å². The summed E-state index contributed by atoms with van der Waals surface area (Å²) in [6.45, 7) is 4.00. The van der Waals surface area contributed by atoms with E-state index in [1.54, 1.807) is 13.0 Å². The van der Waals surface area contributed by atoms with E-state index in [1.807, 2.05) is 4.90 Å². The number of carbonyl (C=O) groups is 2. The highest BCUT2D eigenvalue weighted by Gasteiger charge is 2.56. The van der Waals surface area contributed by atoms with Crippen molar-refractivity contribution in [2.24, 2.45) is 5.41 Å². The number of nitrogens with one attached hydrogen (secondary N) is 2. The second kappa shape index (κ2) is 7.91. The van der Waals surface area contributed by atoms with Gasteiger partial charge >= 0.3 is 6.18 Å². The van der Waals surface area contributed by atoms with Crippen LogP contribution in [0.4, 0.5) is 24.8 Å². The molecule has 2 fully saturated rings. The maximum atomic E-state index is 12.9. The summed E-state index contributed by atoms with van der Waals surface area (Å²) in [4.78, 5) is 34.2. The van der Waals surface area contributed by atoms with Crippen molar-refractivity contribution >= 4 is 35.1 Å². The van der Waals surface area contributed by atoms with Crippen LogP contribution >= 0.6 is 11.6 Å². The summed E-state index contributed by atoms with van der Waals surface area (Å²) < 4.78 is 38.7. The predicted octanol–water partition coefficient (Wildman–Crippen LogP) is 3.81. The van der Waals surface area contributed by atoms with Crippen molar-refractivity contribution in [1.29, 1.82) is 0 Å². The summed E-state index contributed by atoms with van der Waals surface area (Å²) in [7, 11) is 0. The maximum Gasteiger partial charge on any atom is 0.417 e. The van der Waals surface area contributed by atoms with E-state index in [2.05, 4.69) is 20.6 Å². The van der Waals surface area contributed by atoms with E-state index in [9.17, 15) is 22.8 Å². The number of rotatable bonds is 4. The molecule has 2 aromatic heterocycles. The van der Waals surface area contributed by atoms with Crippen LogP contribution in [0, 0.1) is 12.3 Å². The summed E-state index contributed by atoms with van der Waals surface area (Å²) in [5.74, 6) is -0.0431. The number of pyridine rings is 2. The Morgan fingerprint density at radius 2 is 1.97 bits per heavy atom. The standard InChI is InChI=1S/C21H21ClF3N5O2/c1-11-5-13(6-17(27-11)28-12(2)31)19(32)29-16-9-30(10-20(16)3-4-20)18-15(22)7-14(8-26-18)21(23,24)25/h5-8,16H,3-4,9-10H2,1-2H3,(H,29,32)(H,27,28,31)/t16-/m0/s1. The molecule has 7 nitrogen and oxygen atoms in total. The molecular formula is C21H21ClF3N5O2. The first kappa shape index (κ1) is 22.3.